The van der Waals surface area contributed by atoms with Gasteiger partial charge in [-0.25, -0.2) is 4.79 Å². The van der Waals surface area contributed by atoms with E-state index >= 15 is 0 Å². The Morgan fingerprint density at radius 2 is 2.00 bits per heavy atom. The molecule has 1 aromatic rings. The van der Waals surface area contributed by atoms with Crippen molar-refractivity contribution in [2.45, 2.75) is 58.3 Å². The van der Waals surface area contributed by atoms with Crippen LogP contribution in [-0.2, 0) is 11.3 Å². The van der Waals surface area contributed by atoms with Crippen molar-refractivity contribution in [3.8, 4) is 0 Å². The van der Waals surface area contributed by atoms with Crippen LogP contribution in [0, 0.1) is 0 Å². The minimum absolute atomic E-state index is 0.165. The third kappa shape index (κ3) is 5.05. The molecule has 4 heteroatoms. The molecule has 0 saturated carbocycles. The van der Waals surface area contributed by atoms with Gasteiger partial charge in [-0.3, -0.25) is 4.90 Å². The van der Waals surface area contributed by atoms with Gasteiger partial charge in [0.05, 0.1) is 0 Å². The fraction of sp³-hybridized carbons (Fsp3) is 0.588. The molecule has 1 heterocycles. The summed E-state index contributed by atoms with van der Waals surface area (Å²) in [6.45, 7) is 9.65. The topological polar surface area (TPSA) is 41.6 Å². The number of hydrogen-bond donors (Lipinski definition) is 1. The van der Waals surface area contributed by atoms with E-state index in [-0.39, 0.29) is 12.1 Å². The maximum absolute atomic E-state index is 11.8. The van der Waals surface area contributed by atoms with Gasteiger partial charge in [-0.15, -0.1) is 0 Å². The van der Waals surface area contributed by atoms with Crippen LogP contribution in [0.15, 0.2) is 30.3 Å². The first kappa shape index (κ1) is 15.8. The molecular formula is C17H26N2O2. The summed E-state index contributed by atoms with van der Waals surface area (Å²) in [7, 11) is 0. The highest BCUT2D eigenvalue weighted by molar-refractivity contribution is 5.68. The zero-order chi connectivity index (χ0) is 15.5. The van der Waals surface area contributed by atoms with Crippen LogP contribution in [0.25, 0.3) is 0 Å². The van der Waals surface area contributed by atoms with E-state index in [2.05, 4.69) is 41.4 Å². The van der Waals surface area contributed by atoms with Crippen molar-refractivity contribution in [1.82, 2.24) is 10.2 Å². The monoisotopic (exact) mass is 290 g/mol. The predicted octanol–water partition coefficient (Wildman–Crippen LogP) is 3.17. The molecule has 0 radical (unpaired) electrons. The van der Waals surface area contributed by atoms with Gasteiger partial charge >= 0.3 is 6.09 Å². The number of amides is 1. The smallest absolute Gasteiger partial charge is 0.407 e. The molecule has 2 rings (SSSR count). The number of nitrogens with zero attached hydrogens (tertiary/aromatic N) is 1. The molecule has 0 aliphatic carbocycles. The van der Waals surface area contributed by atoms with Gasteiger partial charge in [-0.1, -0.05) is 30.3 Å². The highest BCUT2D eigenvalue weighted by Crippen LogP contribution is 2.20. The fourth-order valence-electron chi connectivity index (χ4n) is 2.72. The summed E-state index contributed by atoms with van der Waals surface area (Å²) in [5.41, 5.74) is 0.861. The Kier molecular flexibility index (Phi) is 4.88. The molecule has 0 spiro atoms. The van der Waals surface area contributed by atoms with Crippen LogP contribution in [0.4, 0.5) is 4.79 Å². The molecule has 1 fully saturated rings. The summed E-state index contributed by atoms with van der Waals surface area (Å²) >= 11 is 0. The Balaban J connectivity index is 1.85. The Bertz CT molecular complexity index is 467. The molecule has 1 aliphatic rings. The van der Waals surface area contributed by atoms with Gasteiger partial charge in [0.25, 0.3) is 0 Å². The van der Waals surface area contributed by atoms with E-state index in [1.54, 1.807) is 0 Å². The lowest BCUT2D eigenvalue weighted by atomic mass is 10.2. The number of ether oxygens (including phenoxy) is 1. The lowest BCUT2D eigenvalue weighted by molar-refractivity contribution is 0.0506. The van der Waals surface area contributed by atoms with Crippen molar-refractivity contribution in [3.05, 3.63) is 35.9 Å². The summed E-state index contributed by atoms with van der Waals surface area (Å²) in [5, 5.41) is 2.98. The van der Waals surface area contributed by atoms with Crippen LogP contribution in [0.2, 0.25) is 0 Å². The number of carbonyl (C=O) groups excluding carboxylic acids is 1. The second-order valence-electron chi connectivity index (χ2n) is 6.84. The van der Waals surface area contributed by atoms with Gasteiger partial charge < -0.3 is 10.1 Å². The lowest BCUT2D eigenvalue weighted by Gasteiger charge is -2.22. The third-order valence-electron chi connectivity index (χ3n) is 3.65. The largest absolute Gasteiger partial charge is 0.444 e. The maximum atomic E-state index is 11.8. The molecule has 2 atom stereocenters. The number of likely N-dealkylation sites (tertiary alicyclic amines) is 1. The molecule has 1 aromatic carbocycles. The van der Waals surface area contributed by atoms with Crippen LogP contribution < -0.4 is 5.32 Å². The Hall–Kier alpha value is -1.55. The Morgan fingerprint density at radius 1 is 1.33 bits per heavy atom. The Labute approximate surface area is 127 Å². The number of benzene rings is 1. The Morgan fingerprint density at radius 3 is 2.62 bits per heavy atom. The van der Waals surface area contributed by atoms with Crippen molar-refractivity contribution in [2.24, 2.45) is 0 Å². The molecule has 21 heavy (non-hydrogen) atoms. The van der Waals surface area contributed by atoms with Gasteiger partial charge in [0.15, 0.2) is 0 Å². The van der Waals surface area contributed by atoms with Crippen LogP contribution in [0.5, 0.6) is 0 Å². The average Bonchev–Trinajstić information content (AvgIpc) is 2.68. The van der Waals surface area contributed by atoms with E-state index in [1.165, 1.54) is 5.56 Å². The van der Waals surface area contributed by atoms with Gasteiger partial charge in [-0.05, 0) is 39.7 Å². The summed E-state index contributed by atoms with van der Waals surface area (Å²) in [4.78, 5) is 14.2. The van der Waals surface area contributed by atoms with Gasteiger partial charge in [-0.2, -0.15) is 0 Å². The molecule has 1 saturated heterocycles. The number of hydrogen-bond acceptors (Lipinski definition) is 3. The lowest BCUT2D eigenvalue weighted by Crippen LogP contribution is -2.40. The van der Waals surface area contributed by atoms with Crippen molar-refractivity contribution < 1.29 is 9.53 Å². The summed E-state index contributed by atoms with van der Waals surface area (Å²) in [5.74, 6) is 0. The van der Waals surface area contributed by atoms with Crippen molar-refractivity contribution >= 4 is 6.09 Å². The molecule has 0 bridgehead atoms. The first-order valence-electron chi connectivity index (χ1n) is 7.61. The fourth-order valence-corrected chi connectivity index (χ4v) is 2.72. The third-order valence-corrected chi connectivity index (χ3v) is 3.65. The van der Waals surface area contributed by atoms with Crippen LogP contribution in [-0.4, -0.2) is 35.2 Å². The maximum Gasteiger partial charge on any atom is 0.407 e. The molecule has 1 amide bonds. The highest BCUT2D eigenvalue weighted by atomic mass is 16.6. The molecule has 4 nitrogen and oxygen atoms in total. The van der Waals surface area contributed by atoms with Crippen molar-refractivity contribution in [2.75, 3.05) is 6.54 Å². The first-order valence-corrected chi connectivity index (χ1v) is 7.61. The molecule has 116 valence electrons. The standard InChI is InChI=1S/C17H26N2O2/c1-13-10-15(18-16(20)21-17(2,3)4)12-19(13)11-14-8-6-5-7-9-14/h5-9,13,15H,10-12H2,1-4H3,(H,18,20)/t13-,15-/m0/s1. The quantitative estimate of drug-likeness (QED) is 0.929. The zero-order valence-electron chi connectivity index (χ0n) is 13.4. The molecule has 0 unspecified atom stereocenters. The molecular weight excluding hydrogens is 264 g/mol. The zero-order valence-corrected chi connectivity index (χ0v) is 13.4. The van der Waals surface area contributed by atoms with E-state index in [9.17, 15) is 4.79 Å². The predicted molar refractivity (Wildman–Crippen MR) is 84.1 cm³/mol. The minimum Gasteiger partial charge on any atom is -0.444 e. The van der Waals surface area contributed by atoms with Crippen LogP contribution in [0.3, 0.4) is 0 Å². The molecule has 1 aliphatic heterocycles. The number of rotatable bonds is 3. The molecule has 1 N–H and O–H groups in total. The first-order chi connectivity index (χ1) is 9.83. The summed E-state index contributed by atoms with van der Waals surface area (Å²) in [6.07, 6.45) is 0.646. The number of alkyl carbamates (subject to hydrolysis) is 1. The van der Waals surface area contributed by atoms with E-state index < -0.39 is 5.60 Å². The summed E-state index contributed by atoms with van der Waals surface area (Å²) < 4.78 is 5.32. The van der Waals surface area contributed by atoms with E-state index in [0.717, 1.165) is 19.5 Å². The number of carbonyl (C=O) groups is 1. The van der Waals surface area contributed by atoms with E-state index in [4.69, 9.17) is 4.74 Å². The summed E-state index contributed by atoms with van der Waals surface area (Å²) in [6, 6.07) is 11.1. The van der Waals surface area contributed by atoms with Crippen LogP contribution >= 0.6 is 0 Å². The van der Waals surface area contributed by atoms with E-state index in [0.29, 0.717) is 6.04 Å². The second-order valence-corrected chi connectivity index (χ2v) is 6.84. The van der Waals surface area contributed by atoms with E-state index in [1.807, 2.05) is 26.8 Å². The average molecular weight is 290 g/mol. The SMILES string of the molecule is C[C@H]1C[C@H](NC(=O)OC(C)(C)C)CN1Cc1ccccc1. The van der Waals surface area contributed by atoms with Crippen molar-refractivity contribution in [1.29, 1.82) is 0 Å². The van der Waals surface area contributed by atoms with Gasteiger partial charge in [0.2, 0.25) is 0 Å². The van der Waals surface area contributed by atoms with Gasteiger partial charge in [0, 0.05) is 25.2 Å². The number of nitrogens with one attached hydrogen (secondary N) is 1. The van der Waals surface area contributed by atoms with Crippen molar-refractivity contribution in [3.63, 3.8) is 0 Å². The van der Waals surface area contributed by atoms with Gasteiger partial charge in [0.1, 0.15) is 5.60 Å². The molecule has 0 aromatic heterocycles. The normalized spacial score (nSPS) is 23.0. The minimum atomic E-state index is -0.446. The van der Waals surface area contributed by atoms with Crippen LogP contribution in [0.1, 0.15) is 39.7 Å². The second kappa shape index (κ2) is 6.48. The highest BCUT2D eigenvalue weighted by Gasteiger charge is 2.31.